The van der Waals surface area contributed by atoms with E-state index in [2.05, 4.69) is 45.4 Å². The molecule has 1 N–H and O–H groups in total. The highest BCUT2D eigenvalue weighted by Gasteiger charge is 2.21. The van der Waals surface area contributed by atoms with Gasteiger partial charge < -0.3 is 9.88 Å². The lowest BCUT2D eigenvalue weighted by Gasteiger charge is -2.18. The van der Waals surface area contributed by atoms with Crippen LogP contribution in [0.1, 0.15) is 34.7 Å². The molecule has 5 heteroatoms. The molecule has 4 rings (SSSR count). The zero-order valence-electron chi connectivity index (χ0n) is 14.4. The van der Waals surface area contributed by atoms with Crippen molar-refractivity contribution < 1.29 is 4.79 Å². The number of hydrogen-bond donors (Lipinski definition) is 1. The molecule has 0 fully saturated rings. The Morgan fingerprint density at radius 1 is 1.15 bits per heavy atom. The van der Waals surface area contributed by atoms with E-state index in [-0.39, 0.29) is 11.9 Å². The first-order valence-electron chi connectivity index (χ1n) is 8.55. The highest BCUT2D eigenvalue weighted by molar-refractivity contribution is 7.16. The minimum absolute atomic E-state index is 0.0722. The molecule has 1 atom stereocenters. The van der Waals surface area contributed by atoms with Crippen LogP contribution in [0.4, 0.5) is 0 Å². The summed E-state index contributed by atoms with van der Waals surface area (Å²) in [5.74, 6) is -0.0816. The minimum Gasteiger partial charge on any atom is -0.345 e. The molecular formula is C21H19N3OS. The Hall–Kier alpha value is -2.92. The van der Waals surface area contributed by atoms with Gasteiger partial charge in [0.05, 0.1) is 18.3 Å². The van der Waals surface area contributed by atoms with Gasteiger partial charge in [0.25, 0.3) is 5.91 Å². The maximum atomic E-state index is 12.9. The van der Waals surface area contributed by atoms with Crippen molar-refractivity contribution >= 4 is 27.5 Å². The van der Waals surface area contributed by atoms with Gasteiger partial charge in [-0.2, -0.15) is 0 Å². The van der Waals surface area contributed by atoms with Gasteiger partial charge in [0.15, 0.2) is 0 Å². The molecule has 4 aromatic rings. The lowest BCUT2D eigenvalue weighted by molar-refractivity contribution is 0.0940. The van der Waals surface area contributed by atoms with Crippen LogP contribution in [0, 0.1) is 0 Å². The van der Waals surface area contributed by atoms with Crippen LogP contribution in [0.2, 0.25) is 0 Å². The summed E-state index contributed by atoms with van der Waals surface area (Å²) in [5, 5.41) is 6.16. The predicted octanol–water partition coefficient (Wildman–Crippen LogP) is 4.64. The monoisotopic (exact) mass is 361 g/mol. The van der Waals surface area contributed by atoms with Gasteiger partial charge in [0.1, 0.15) is 10.5 Å². The Morgan fingerprint density at radius 2 is 1.96 bits per heavy atom. The molecule has 0 spiro atoms. The van der Waals surface area contributed by atoms with E-state index in [1.165, 1.54) is 5.56 Å². The summed E-state index contributed by atoms with van der Waals surface area (Å²) >= 11 is 1.66. The van der Waals surface area contributed by atoms with Crippen LogP contribution in [0.5, 0.6) is 0 Å². The van der Waals surface area contributed by atoms with Crippen LogP contribution in [0.15, 0.2) is 72.2 Å². The lowest BCUT2D eigenvalue weighted by atomic mass is 10.1. The number of carbonyl (C=O) groups excluding carboxylic acids is 1. The maximum Gasteiger partial charge on any atom is 0.268 e. The molecule has 1 aromatic carbocycles. The fourth-order valence-corrected chi connectivity index (χ4v) is 4.12. The summed E-state index contributed by atoms with van der Waals surface area (Å²) in [5.41, 5.74) is 2.70. The van der Waals surface area contributed by atoms with E-state index in [0.29, 0.717) is 12.2 Å². The molecule has 0 bridgehead atoms. The van der Waals surface area contributed by atoms with Crippen molar-refractivity contribution in [3.63, 3.8) is 0 Å². The van der Waals surface area contributed by atoms with Crippen LogP contribution >= 0.6 is 11.3 Å². The third-order valence-electron chi connectivity index (χ3n) is 4.50. The first-order chi connectivity index (χ1) is 12.7. The fraction of sp³-hybridized carbons (Fsp3) is 0.143. The van der Waals surface area contributed by atoms with E-state index >= 15 is 0 Å². The number of aromatic nitrogens is 2. The van der Waals surface area contributed by atoms with Gasteiger partial charge in [-0.3, -0.25) is 9.78 Å². The Morgan fingerprint density at radius 3 is 2.73 bits per heavy atom. The van der Waals surface area contributed by atoms with Crippen LogP contribution in [0.3, 0.4) is 0 Å². The lowest BCUT2D eigenvalue weighted by Crippen LogP contribution is -2.26. The van der Waals surface area contributed by atoms with Crippen molar-refractivity contribution in [2.24, 2.45) is 0 Å². The number of benzene rings is 1. The highest BCUT2D eigenvalue weighted by atomic mass is 32.1. The van der Waals surface area contributed by atoms with Gasteiger partial charge in [-0.15, -0.1) is 11.3 Å². The average molecular weight is 361 g/mol. The van der Waals surface area contributed by atoms with Crippen LogP contribution in [0.25, 0.3) is 10.2 Å². The molecule has 1 amide bonds. The number of hydrogen-bond acceptors (Lipinski definition) is 3. The quantitative estimate of drug-likeness (QED) is 0.563. The maximum absolute atomic E-state index is 12.9. The second-order valence-corrected chi connectivity index (χ2v) is 7.07. The summed E-state index contributed by atoms with van der Waals surface area (Å²) in [6, 6.07) is 20.1. The summed E-state index contributed by atoms with van der Waals surface area (Å²) in [6.07, 6.45) is 1.73. The Labute approximate surface area is 156 Å². The highest BCUT2D eigenvalue weighted by Crippen LogP contribution is 2.31. The standard InChI is InChI=1S/C21H19N3OS/c1-15(16-7-3-2-4-8-16)24-19(13-17-10-12-26-21(17)24)20(25)23-14-18-9-5-6-11-22-18/h2-13,15H,14H2,1H3,(H,23,25)/t15-/m1/s1. The van der Waals surface area contributed by atoms with Crippen LogP contribution in [-0.4, -0.2) is 15.5 Å². The van der Waals surface area contributed by atoms with Crippen molar-refractivity contribution in [3.8, 4) is 0 Å². The van der Waals surface area contributed by atoms with Crippen molar-refractivity contribution in [3.05, 3.63) is 89.2 Å². The van der Waals surface area contributed by atoms with Crippen molar-refractivity contribution in [1.82, 2.24) is 14.9 Å². The molecular weight excluding hydrogens is 342 g/mol. The molecule has 0 aliphatic heterocycles. The first kappa shape index (κ1) is 16.5. The topological polar surface area (TPSA) is 46.9 Å². The molecule has 0 saturated heterocycles. The molecule has 3 aromatic heterocycles. The smallest absolute Gasteiger partial charge is 0.268 e. The van der Waals surface area contributed by atoms with Crippen molar-refractivity contribution in [2.75, 3.05) is 0 Å². The number of pyridine rings is 1. The predicted molar refractivity (Wildman–Crippen MR) is 105 cm³/mol. The van der Waals surface area contributed by atoms with E-state index < -0.39 is 0 Å². The summed E-state index contributed by atoms with van der Waals surface area (Å²) in [7, 11) is 0. The van der Waals surface area contributed by atoms with E-state index in [4.69, 9.17) is 0 Å². The normalized spacial score (nSPS) is 12.2. The molecule has 3 heterocycles. The van der Waals surface area contributed by atoms with E-state index in [1.54, 1.807) is 17.5 Å². The van der Waals surface area contributed by atoms with E-state index in [0.717, 1.165) is 15.9 Å². The molecule has 0 aliphatic rings. The van der Waals surface area contributed by atoms with Gasteiger partial charge in [-0.25, -0.2) is 0 Å². The van der Waals surface area contributed by atoms with Gasteiger partial charge in [-0.05, 0) is 42.1 Å². The first-order valence-corrected chi connectivity index (χ1v) is 9.43. The molecule has 0 unspecified atom stereocenters. The number of rotatable bonds is 5. The van der Waals surface area contributed by atoms with Gasteiger partial charge in [-0.1, -0.05) is 36.4 Å². The molecule has 130 valence electrons. The average Bonchev–Trinajstić information content (AvgIpc) is 3.28. The number of thiophene rings is 1. The Kier molecular flexibility index (Phi) is 4.54. The Balaban J connectivity index is 1.66. The van der Waals surface area contributed by atoms with Crippen molar-refractivity contribution in [1.29, 1.82) is 0 Å². The van der Waals surface area contributed by atoms with E-state index in [9.17, 15) is 4.79 Å². The number of carbonyl (C=O) groups is 1. The molecule has 0 saturated carbocycles. The third-order valence-corrected chi connectivity index (χ3v) is 5.43. The third kappa shape index (κ3) is 3.13. The van der Waals surface area contributed by atoms with Gasteiger partial charge in [0.2, 0.25) is 0 Å². The van der Waals surface area contributed by atoms with Crippen molar-refractivity contribution in [2.45, 2.75) is 19.5 Å². The van der Waals surface area contributed by atoms with Gasteiger partial charge >= 0.3 is 0 Å². The second kappa shape index (κ2) is 7.14. The Bertz CT molecular complexity index is 1020. The number of nitrogens with zero attached hydrogens (tertiary/aromatic N) is 2. The number of fused-ring (bicyclic) bond motifs is 1. The summed E-state index contributed by atoms with van der Waals surface area (Å²) in [4.78, 5) is 18.3. The molecule has 4 nitrogen and oxygen atoms in total. The van der Waals surface area contributed by atoms with E-state index in [1.807, 2.05) is 42.5 Å². The zero-order valence-corrected chi connectivity index (χ0v) is 15.2. The second-order valence-electron chi connectivity index (χ2n) is 6.17. The minimum atomic E-state index is -0.0816. The fourth-order valence-electron chi connectivity index (χ4n) is 3.15. The molecule has 26 heavy (non-hydrogen) atoms. The summed E-state index contributed by atoms with van der Waals surface area (Å²) in [6.45, 7) is 2.54. The SMILES string of the molecule is C[C@H](c1ccccc1)n1c(C(=O)NCc2ccccn2)cc2ccsc21. The van der Waals surface area contributed by atoms with Crippen LogP contribution < -0.4 is 5.32 Å². The zero-order chi connectivity index (χ0) is 17.9. The molecule has 0 aliphatic carbocycles. The molecule has 0 radical (unpaired) electrons. The summed E-state index contributed by atoms with van der Waals surface area (Å²) < 4.78 is 2.13. The number of amides is 1. The largest absolute Gasteiger partial charge is 0.345 e. The van der Waals surface area contributed by atoms with Gasteiger partial charge in [0, 0.05) is 11.6 Å². The number of nitrogens with one attached hydrogen (secondary N) is 1. The van der Waals surface area contributed by atoms with Crippen LogP contribution in [-0.2, 0) is 6.54 Å².